The largest absolute Gasteiger partial charge is 0.480 e. The van der Waals surface area contributed by atoms with Crippen LogP contribution >= 0.6 is 0 Å². The van der Waals surface area contributed by atoms with Gasteiger partial charge < -0.3 is 20.9 Å². The molecule has 52 heavy (non-hydrogen) atoms. The van der Waals surface area contributed by atoms with Crippen LogP contribution in [-0.2, 0) is 19.1 Å². The number of nitrogens with two attached hydrogens (primary N) is 1. The number of nitrogens with one attached hydrogen (secondary N) is 1. The number of carbonyl (C=O) groups is 3. The van der Waals surface area contributed by atoms with Gasteiger partial charge in [0.05, 0.1) is 0 Å². The second kappa shape index (κ2) is 39.5. The van der Waals surface area contributed by atoms with Crippen LogP contribution in [0.2, 0.25) is 0 Å². The van der Waals surface area contributed by atoms with E-state index in [0.717, 1.165) is 96.3 Å². The monoisotopic (exact) mass is 729 g/mol. The number of ether oxygens (including phenoxy) is 1. The first-order chi connectivity index (χ1) is 25.4. The van der Waals surface area contributed by atoms with Crippen LogP contribution < -0.4 is 11.1 Å². The minimum Gasteiger partial charge on any atom is -0.480 e. The topological polar surface area (TPSA) is 119 Å². The number of carboxylic acids is 1. The lowest BCUT2D eigenvalue weighted by Gasteiger charge is -2.18. The number of esters is 1. The molecule has 7 nitrogen and oxygen atoms in total. The number of carbonyl (C=O) groups excluding carboxylic acids is 2. The fourth-order valence-corrected chi connectivity index (χ4v) is 6.11. The van der Waals surface area contributed by atoms with E-state index in [1.807, 2.05) is 0 Å². The van der Waals surface area contributed by atoms with Crippen molar-refractivity contribution in [2.45, 2.75) is 212 Å². The van der Waals surface area contributed by atoms with Crippen LogP contribution in [-0.4, -0.2) is 41.6 Å². The Balaban J connectivity index is 4.44. The number of rotatable bonds is 38. The number of hydrogen-bond donors (Lipinski definition) is 3. The molecule has 0 aliphatic carbocycles. The van der Waals surface area contributed by atoms with E-state index >= 15 is 0 Å². The van der Waals surface area contributed by atoms with Crippen molar-refractivity contribution in [3.05, 3.63) is 48.6 Å². The summed E-state index contributed by atoms with van der Waals surface area (Å²) < 4.78 is 6.01. The molecule has 0 aromatic rings. The van der Waals surface area contributed by atoms with Crippen molar-refractivity contribution in [2.75, 3.05) is 6.54 Å². The van der Waals surface area contributed by atoms with Crippen LogP contribution in [0.4, 0.5) is 0 Å². The maximum atomic E-state index is 12.8. The van der Waals surface area contributed by atoms with Gasteiger partial charge in [-0.2, -0.15) is 0 Å². The highest BCUT2D eigenvalue weighted by molar-refractivity contribution is 5.83. The van der Waals surface area contributed by atoms with Gasteiger partial charge in [0.15, 0.2) is 0 Å². The zero-order valence-corrected chi connectivity index (χ0v) is 33.6. The second-order valence-corrected chi connectivity index (χ2v) is 14.4. The van der Waals surface area contributed by atoms with E-state index in [4.69, 9.17) is 10.5 Å². The zero-order chi connectivity index (χ0) is 38.2. The predicted octanol–water partition coefficient (Wildman–Crippen LogP) is 12.0. The molecule has 0 spiro atoms. The molecular formula is C45H80N2O5. The maximum absolute atomic E-state index is 12.8. The van der Waals surface area contributed by atoms with Crippen LogP contribution in [0, 0.1) is 0 Å². The van der Waals surface area contributed by atoms with Crippen molar-refractivity contribution < 1.29 is 24.2 Å². The SMILES string of the molecule is CCC/C=C\C/C=C\CCCCCCCC(=O)OC(CCC/C=C\C/C=C\CCCCCCC)CCCCCCCC(=O)NC(CCCN)C(=O)O. The first kappa shape index (κ1) is 49.3. The summed E-state index contributed by atoms with van der Waals surface area (Å²) in [7, 11) is 0. The lowest BCUT2D eigenvalue weighted by atomic mass is 10.0. The fourth-order valence-electron chi connectivity index (χ4n) is 6.11. The summed E-state index contributed by atoms with van der Waals surface area (Å²) in [6.07, 6.45) is 47.2. The Labute approximate surface area is 319 Å². The lowest BCUT2D eigenvalue weighted by Crippen LogP contribution is -2.40. The van der Waals surface area contributed by atoms with Crippen LogP contribution in [0.3, 0.4) is 0 Å². The van der Waals surface area contributed by atoms with E-state index in [1.54, 1.807) is 0 Å². The van der Waals surface area contributed by atoms with Crippen LogP contribution in [0.5, 0.6) is 0 Å². The Bertz CT molecular complexity index is 957. The quantitative estimate of drug-likeness (QED) is 0.0331. The molecule has 0 saturated carbocycles. The molecule has 0 aliphatic heterocycles. The molecule has 2 unspecified atom stereocenters. The smallest absolute Gasteiger partial charge is 0.326 e. The van der Waals surface area contributed by atoms with Gasteiger partial charge in [0.25, 0.3) is 0 Å². The Morgan fingerprint density at radius 1 is 0.558 bits per heavy atom. The number of amides is 1. The lowest BCUT2D eigenvalue weighted by molar-refractivity contribution is -0.150. The van der Waals surface area contributed by atoms with Crippen LogP contribution in [0.25, 0.3) is 0 Å². The van der Waals surface area contributed by atoms with Gasteiger partial charge in [0, 0.05) is 12.8 Å². The summed E-state index contributed by atoms with van der Waals surface area (Å²) in [5.74, 6) is -1.28. The maximum Gasteiger partial charge on any atom is 0.326 e. The van der Waals surface area contributed by atoms with Gasteiger partial charge in [-0.1, -0.05) is 133 Å². The van der Waals surface area contributed by atoms with E-state index in [0.29, 0.717) is 32.2 Å². The van der Waals surface area contributed by atoms with Crippen molar-refractivity contribution in [1.82, 2.24) is 5.32 Å². The summed E-state index contributed by atoms with van der Waals surface area (Å²) in [5.41, 5.74) is 5.48. The van der Waals surface area contributed by atoms with E-state index < -0.39 is 12.0 Å². The molecule has 2 atom stereocenters. The standard InChI is InChI=1S/C45H80N2O5/c1-3-5-7-9-11-13-15-17-19-21-23-26-30-35-41(36-31-27-25-28-32-38-43(48)47-42(45(50)51)37-34-40-46)52-44(49)39-33-29-24-22-20-18-16-14-12-10-8-6-4-2/h8,10,14-17,21,23,41-42H,3-7,9,11-13,18-20,22,24-40,46H2,1-2H3,(H,47,48)(H,50,51)/b10-8-,16-14-,17-15-,23-21-. The van der Waals surface area contributed by atoms with Crippen molar-refractivity contribution in [3.63, 3.8) is 0 Å². The zero-order valence-electron chi connectivity index (χ0n) is 33.6. The first-order valence-corrected chi connectivity index (χ1v) is 21.5. The first-order valence-electron chi connectivity index (χ1n) is 21.5. The molecule has 0 saturated heterocycles. The number of aliphatic carboxylic acids is 1. The molecule has 0 fully saturated rings. The predicted molar refractivity (Wildman–Crippen MR) is 220 cm³/mol. The molecule has 0 bridgehead atoms. The van der Waals surface area contributed by atoms with Gasteiger partial charge in [-0.15, -0.1) is 0 Å². The summed E-state index contributed by atoms with van der Waals surface area (Å²) in [6, 6.07) is -0.863. The van der Waals surface area contributed by atoms with Gasteiger partial charge in [-0.05, 0) is 109 Å². The summed E-state index contributed by atoms with van der Waals surface area (Å²) >= 11 is 0. The Hall–Kier alpha value is -2.67. The molecule has 0 aromatic heterocycles. The van der Waals surface area contributed by atoms with Crippen molar-refractivity contribution >= 4 is 17.8 Å². The summed E-state index contributed by atoms with van der Waals surface area (Å²) in [6.45, 7) is 4.86. The molecule has 0 aromatic carbocycles. The Morgan fingerprint density at radius 2 is 1.06 bits per heavy atom. The van der Waals surface area contributed by atoms with Crippen molar-refractivity contribution in [1.29, 1.82) is 0 Å². The van der Waals surface area contributed by atoms with Crippen molar-refractivity contribution in [3.8, 4) is 0 Å². The highest BCUT2D eigenvalue weighted by Crippen LogP contribution is 2.18. The summed E-state index contributed by atoms with van der Waals surface area (Å²) in [4.78, 5) is 36.3. The average Bonchev–Trinajstić information content (AvgIpc) is 3.13. The van der Waals surface area contributed by atoms with Gasteiger partial charge in [-0.25, -0.2) is 4.79 Å². The highest BCUT2D eigenvalue weighted by Gasteiger charge is 2.19. The highest BCUT2D eigenvalue weighted by atomic mass is 16.5. The number of unbranched alkanes of at least 4 members (excludes halogenated alkanes) is 16. The van der Waals surface area contributed by atoms with Crippen molar-refractivity contribution in [2.24, 2.45) is 5.73 Å². The third kappa shape index (κ3) is 35.7. The van der Waals surface area contributed by atoms with Gasteiger partial charge in [-0.3, -0.25) is 9.59 Å². The Kier molecular flexibility index (Phi) is 37.5. The van der Waals surface area contributed by atoms with E-state index in [2.05, 4.69) is 67.8 Å². The van der Waals surface area contributed by atoms with Crippen LogP contribution in [0.15, 0.2) is 48.6 Å². The Morgan fingerprint density at radius 3 is 1.63 bits per heavy atom. The van der Waals surface area contributed by atoms with Gasteiger partial charge >= 0.3 is 11.9 Å². The van der Waals surface area contributed by atoms with E-state index in [-0.39, 0.29) is 18.0 Å². The third-order valence-corrected chi connectivity index (χ3v) is 9.35. The normalized spacial score (nSPS) is 13.1. The molecule has 0 aliphatic rings. The fraction of sp³-hybridized carbons (Fsp3) is 0.756. The second-order valence-electron chi connectivity index (χ2n) is 14.4. The van der Waals surface area contributed by atoms with Gasteiger partial charge in [0.2, 0.25) is 5.91 Å². The number of allylic oxidation sites excluding steroid dienone is 8. The molecule has 0 radical (unpaired) electrons. The minimum absolute atomic E-state index is 0.0376. The molecule has 300 valence electrons. The molecule has 7 heteroatoms. The molecule has 4 N–H and O–H groups in total. The van der Waals surface area contributed by atoms with E-state index in [9.17, 15) is 19.5 Å². The third-order valence-electron chi connectivity index (χ3n) is 9.35. The number of hydrogen-bond acceptors (Lipinski definition) is 5. The molecule has 0 heterocycles. The molecule has 1 amide bonds. The van der Waals surface area contributed by atoms with E-state index in [1.165, 1.54) is 64.2 Å². The molecular weight excluding hydrogens is 649 g/mol. The average molecular weight is 729 g/mol. The van der Waals surface area contributed by atoms with Gasteiger partial charge in [0.1, 0.15) is 12.1 Å². The molecule has 0 rings (SSSR count). The minimum atomic E-state index is -1.01. The van der Waals surface area contributed by atoms with Crippen LogP contribution in [0.1, 0.15) is 200 Å². The number of carboxylic acid groups (broad SMARTS) is 1. The summed E-state index contributed by atoms with van der Waals surface area (Å²) in [5, 5.41) is 11.9.